The van der Waals surface area contributed by atoms with Gasteiger partial charge in [-0.1, -0.05) is 57.0 Å². The Hall–Kier alpha value is -1.88. The van der Waals surface area contributed by atoms with Gasteiger partial charge in [0.25, 0.3) is 0 Å². The molecule has 27 heavy (non-hydrogen) atoms. The van der Waals surface area contributed by atoms with Gasteiger partial charge in [-0.3, -0.25) is 9.59 Å². The minimum atomic E-state index is -0.869. The zero-order valence-corrected chi connectivity index (χ0v) is 16.4. The van der Waals surface area contributed by atoms with E-state index in [0.29, 0.717) is 12.8 Å². The molecule has 5 nitrogen and oxygen atoms in total. The summed E-state index contributed by atoms with van der Waals surface area (Å²) in [5, 5.41) is 22.5. The second-order valence-corrected chi connectivity index (χ2v) is 8.22. The van der Waals surface area contributed by atoms with Crippen molar-refractivity contribution in [1.82, 2.24) is 5.32 Å². The molecule has 1 aromatic carbocycles. The number of aliphatic carboxylic acids is 1. The second kappa shape index (κ2) is 10.5. The van der Waals surface area contributed by atoms with E-state index in [2.05, 4.69) is 5.32 Å². The van der Waals surface area contributed by atoms with Crippen LogP contribution in [-0.2, 0) is 16.0 Å². The molecule has 0 bridgehead atoms. The number of aliphatic hydroxyl groups is 1. The monoisotopic (exact) mass is 375 g/mol. The van der Waals surface area contributed by atoms with Gasteiger partial charge in [0.1, 0.15) is 0 Å². The molecule has 1 saturated carbocycles. The van der Waals surface area contributed by atoms with Crippen LogP contribution in [0.4, 0.5) is 0 Å². The smallest absolute Gasteiger partial charge is 0.307 e. The van der Waals surface area contributed by atoms with E-state index in [-0.39, 0.29) is 24.3 Å². The molecule has 3 N–H and O–H groups in total. The van der Waals surface area contributed by atoms with Crippen LogP contribution in [0.5, 0.6) is 0 Å². The van der Waals surface area contributed by atoms with Crippen molar-refractivity contribution < 1.29 is 19.8 Å². The van der Waals surface area contributed by atoms with Crippen molar-refractivity contribution in [3.05, 3.63) is 35.9 Å². The summed E-state index contributed by atoms with van der Waals surface area (Å²) in [5.41, 5.74) is 1.03. The highest BCUT2D eigenvalue weighted by Crippen LogP contribution is 2.38. The summed E-state index contributed by atoms with van der Waals surface area (Å²) in [4.78, 5) is 25.1. The Kier molecular flexibility index (Phi) is 8.29. The molecule has 3 atom stereocenters. The maximum Gasteiger partial charge on any atom is 0.307 e. The number of benzene rings is 1. The van der Waals surface area contributed by atoms with Crippen molar-refractivity contribution >= 4 is 11.9 Å². The Morgan fingerprint density at radius 3 is 2.30 bits per heavy atom. The first kappa shape index (κ1) is 21.4. The Balaban J connectivity index is 2.13. The van der Waals surface area contributed by atoms with Crippen LogP contribution >= 0.6 is 0 Å². The predicted octanol–water partition coefficient (Wildman–Crippen LogP) is 3.26. The number of rotatable bonds is 10. The average Bonchev–Trinajstić information content (AvgIpc) is 3.14. The van der Waals surface area contributed by atoms with Crippen LogP contribution in [0.15, 0.2) is 30.3 Å². The topological polar surface area (TPSA) is 86.6 Å². The molecule has 0 saturated heterocycles. The number of carbonyl (C=O) groups is 2. The lowest BCUT2D eigenvalue weighted by molar-refractivity contribution is -0.150. The van der Waals surface area contributed by atoms with Gasteiger partial charge in [-0.05, 0) is 43.1 Å². The van der Waals surface area contributed by atoms with Gasteiger partial charge in [0, 0.05) is 0 Å². The van der Waals surface area contributed by atoms with E-state index in [4.69, 9.17) is 0 Å². The highest BCUT2D eigenvalue weighted by Gasteiger charge is 2.41. The molecule has 5 heteroatoms. The number of nitrogens with one attached hydrogen (secondary N) is 1. The Labute approximate surface area is 162 Å². The normalized spacial score (nSPS) is 18.2. The third-order valence-corrected chi connectivity index (χ3v) is 5.58. The Bertz CT molecular complexity index is 596. The number of hydrogen-bond donors (Lipinski definition) is 3. The Morgan fingerprint density at radius 1 is 1.15 bits per heavy atom. The number of carboxylic acid groups (broad SMARTS) is 1. The third-order valence-electron chi connectivity index (χ3n) is 5.58. The van der Waals surface area contributed by atoms with Crippen LogP contribution < -0.4 is 5.32 Å². The summed E-state index contributed by atoms with van der Waals surface area (Å²) in [6, 6.07) is 9.28. The highest BCUT2D eigenvalue weighted by molar-refractivity contribution is 5.85. The minimum Gasteiger partial charge on any atom is -0.481 e. The van der Waals surface area contributed by atoms with E-state index in [1.54, 1.807) is 0 Å². The quantitative estimate of drug-likeness (QED) is 0.586. The summed E-state index contributed by atoms with van der Waals surface area (Å²) in [6.07, 6.45) is 4.91. The van der Waals surface area contributed by atoms with Gasteiger partial charge in [0.2, 0.25) is 5.91 Å². The van der Waals surface area contributed by atoms with E-state index < -0.39 is 23.8 Å². The molecule has 0 spiro atoms. The summed E-state index contributed by atoms with van der Waals surface area (Å²) in [6.45, 7) is 3.86. The van der Waals surface area contributed by atoms with Gasteiger partial charge in [-0.15, -0.1) is 0 Å². The van der Waals surface area contributed by atoms with Crippen LogP contribution in [0.25, 0.3) is 0 Å². The third kappa shape index (κ3) is 6.35. The maximum absolute atomic E-state index is 13.1. The van der Waals surface area contributed by atoms with E-state index in [1.165, 1.54) is 0 Å². The van der Waals surface area contributed by atoms with E-state index in [0.717, 1.165) is 31.2 Å². The van der Waals surface area contributed by atoms with Crippen LogP contribution in [0.1, 0.15) is 51.5 Å². The molecule has 1 aliphatic rings. The van der Waals surface area contributed by atoms with Crippen LogP contribution in [-0.4, -0.2) is 34.7 Å². The fourth-order valence-corrected chi connectivity index (χ4v) is 4.31. The van der Waals surface area contributed by atoms with E-state index in [9.17, 15) is 19.8 Å². The van der Waals surface area contributed by atoms with E-state index in [1.807, 2.05) is 44.2 Å². The molecule has 1 amide bonds. The van der Waals surface area contributed by atoms with Gasteiger partial charge >= 0.3 is 5.97 Å². The van der Waals surface area contributed by atoms with Gasteiger partial charge in [0.05, 0.1) is 24.5 Å². The summed E-state index contributed by atoms with van der Waals surface area (Å²) in [5.74, 6) is -2.02. The zero-order valence-electron chi connectivity index (χ0n) is 16.4. The fraction of sp³-hybridized carbons (Fsp3) is 0.636. The molecule has 2 rings (SSSR count). The van der Waals surface area contributed by atoms with Gasteiger partial charge in [0.15, 0.2) is 0 Å². The van der Waals surface area contributed by atoms with E-state index >= 15 is 0 Å². The van der Waals surface area contributed by atoms with Crippen molar-refractivity contribution in [2.24, 2.45) is 23.7 Å². The summed E-state index contributed by atoms with van der Waals surface area (Å²) in [7, 11) is 0. The lowest BCUT2D eigenvalue weighted by Crippen LogP contribution is -2.47. The molecule has 150 valence electrons. The minimum absolute atomic E-state index is 0.0682. The van der Waals surface area contributed by atoms with Crippen molar-refractivity contribution in [2.45, 2.75) is 58.4 Å². The molecule has 1 aromatic rings. The molecule has 0 aromatic heterocycles. The number of carbonyl (C=O) groups excluding carboxylic acids is 1. The lowest BCUT2D eigenvalue weighted by atomic mass is 9.76. The van der Waals surface area contributed by atoms with Crippen molar-refractivity contribution in [3.63, 3.8) is 0 Å². The number of hydrogen-bond acceptors (Lipinski definition) is 3. The van der Waals surface area contributed by atoms with Crippen LogP contribution in [0.2, 0.25) is 0 Å². The van der Waals surface area contributed by atoms with Crippen LogP contribution in [0.3, 0.4) is 0 Å². The van der Waals surface area contributed by atoms with Crippen molar-refractivity contribution in [2.75, 3.05) is 6.61 Å². The first-order chi connectivity index (χ1) is 12.9. The van der Waals surface area contributed by atoms with Gasteiger partial charge in [-0.2, -0.15) is 0 Å². The summed E-state index contributed by atoms with van der Waals surface area (Å²) < 4.78 is 0. The molecular formula is C22H33NO4. The molecular weight excluding hydrogens is 342 g/mol. The molecule has 0 unspecified atom stereocenters. The van der Waals surface area contributed by atoms with Crippen molar-refractivity contribution in [3.8, 4) is 0 Å². The Morgan fingerprint density at radius 2 is 1.78 bits per heavy atom. The average molecular weight is 376 g/mol. The first-order valence-corrected chi connectivity index (χ1v) is 10.1. The molecule has 1 fully saturated rings. The largest absolute Gasteiger partial charge is 0.481 e. The fourth-order valence-electron chi connectivity index (χ4n) is 4.31. The number of amides is 1. The predicted molar refractivity (Wildman–Crippen MR) is 105 cm³/mol. The first-order valence-electron chi connectivity index (χ1n) is 10.1. The second-order valence-electron chi connectivity index (χ2n) is 8.22. The van der Waals surface area contributed by atoms with Crippen molar-refractivity contribution in [1.29, 1.82) is 0 Å². The van der Waals surface area contributed by atoms with Gasteiger partial charge < -0.3 is 15.5 Å². The zero-order chi connectivity index (χ0) is 19.8. The molecule has 0 heterocycles. The molecule has 0 aliphatic heterocycles. The number of carboxylic acids is 1. The molecule has 1 aliphatic carbocycles. The standard InChI is InChI=1S/C22H33NO4/c1-15(2)12-19(20(22(26)27)17-10-6-7-11-17)21(25)23-18(14-24)13-16-8-4-3-5-9-16/h3-5,8-9,15,17-20,24H,6-7,10-14H2,1-2H3,(H,23,25)(H,26,27)/t18-,19+,20-/m0/s1. The van der Waals surface area contributed by atoms with Gasteiger partial charge in [-0.25, -0.2) is 0 Å². The SMILES string of the molecule is CC(C)C[C@@H](C(=O)N[C@H](CO)Cc1ccccc1)[C@@H](C(=O)O)C1CCCC1. The van der Waals surface area contributed by atoms with Crippen LogP contribution in [0, 0.1) is 23.7 Å². The molecule has 0 radical (unpaired) electrons. The summed E-state index contributed by atoms with van der Waals surface area (Å²) >= 11 is 0. The highest BCUT2D eigenvalue weighted by atomic mass is 16.4. The number of aliphatic hydroxyl groups excluding tert-OH is 1. The lowest BCUT2D eigenvalue weighted by Gasteiger charge is -2.30. The maximum atomic E-state index is 13.1.